The summed E-state index contributed by atoms with van der Waals surface area (Å²) in [5, 5.41) is 5.85. The first kappa shape index (κ1) is 23.0. The average molecular weight is 470 g/mol. The number of anilines is 1. The van der Waals surface area contributed by atoms with Crippen LogP contribution in [-0.4, -0.2) is 42.4 Å². The predicted octanol–water partition coefficient (Wildman–Crippen LogP) is 3.37. The van der Waals surface area contributed by atoms with Gasteiger partial charge in [0.15, 0.2) is 0 Å². The summed E-state index contributed by atoms with van der Waals surface area (Å²) in [4.78, 5) is 53.0. The van der Waals surface area contributed by atoms with E-state index in [9.17, 15) is 19.2 Å². The highest BCUT2D eigenvalue weighted by Gasteiger charge is 2.49. The monoisotopic (exact) mass is 469 g/mol. The zero-order valence-corrected chi connectivity index (χ0v) is 19.9. The maximum absolute atomic E-state index is 13.1. The number of carbonyl (C=O) groups excluding carboxylic acids is 4. The van der Waals surface area contributed by atoms with Gasteiger partial charge in [0.05, 0.1) is 12.7 Å². The minimum atomic E-state index is -1.25. The largest absolute Gasteiger partial charge is 0.465 e. The first-order valence-electron chi connectivity index (χ1n) is 10.9. The number of esters is 1. The highest BCUT2D eigenvalue weighted by atomic mass is 32.1. The van der Waals surface area contributed by atoms with E-state index in [4.69, 9.17) is 4.74 Å². The Balaban J connectivity index is 1.54. The van der Waals surface area contributed by atoms with Crippen LogP contribution in [0.5, 0.6) is 0 Å². The van der Waals surface area contributed by atoms with Gasteiger partial charge in [-0.25, -0.2) is 9.59 Å². The second-order valence-electron chi connectivity index (χ2n) is 8.91. The molecule has 2 unspecified atom stereocenters. The lowest BCUT2D eigenvalue weighted by atomic mass is 9.88. The summed E-state index contributed by atoms with van der Waals surface area (Å²) in [5.41, 5.74) is 1.72. The molecule has 1 fully saturated rings. The molecular weight excluding hydrogens is 442 g/mol. The van der Waals surface area contributed by atoms with Crippen molar-refractivity contribution in [3.63, 3.8) is 0 Å². The molecule has 0 radical (unpaired) electrons. The van der Waals surface area contributed by atoms with Crippen molar-refractivity contribution in [2.45, 2.75) is 45.6 Å². The minimum absolute atomic E-state index is 0.374. The highest BCUT2D eigenvalue weighted by Crippen LogP contribution is 2.40. The third-order valence-corrected chi connectivity index (χ3v) is 7.53. The Labute approximate surface area is 196 Å². The fourth-order valence-corrected chi connectivity index (χ4v) is 5.80. The lowest BCUT2D eigenvalue weighted by Gasteiger charge is -2.22. The molecule has 1 aromatic heterocycles. The number of nitrogens with one attached hydrogen (secondary N) is 2. The fraction of sp³-hybridized carbons (Fsp3) is 0.417. The van der Waals surface area contributed by atoms with Crippen molar-refractivity contribution in [2.24, 2.45) is 5.92 Å². The second-order valence-corrected chi connectivity index (χ2v) is 10.0. The average Bonchev–Trinajstić information content (AvgIpc) is 3.22. The Morgan fingerprint density at radius 3 is 2.64 bits per heavy atom. The molecule has 1 saturated heterocycles. The van der Waals surface area contributed by atoms with Gasteiger partial charge in [-0.2, -0.15) is 0 Å². The number of carbonyl (C=O) groups is 4. The summed E-state index contributed by atoms with van der Waals surface area (Å²) >= 11 is 1.36. The maximum Gasteiger partial charge on any atom is 0.341 e. The molecule has 2 heterocycles. The van der Waals surface area contributed by atoms with Crippen molar-refractivity contribution in [3.05, 3.63) is 51.4 Å². The smallest absolute Gasteiger partial charge is 0.341 e. The van der Waals surface area contributed by atoms with Gasteiger partial charge in [0.1, 0.15) is 17.1 Å². The lowest BCUT2D eigenvalue weighted by Crippen LogP contribution is -2.42. The summed E-state index contributed by atoms with van der Waals surface area (Å²) in [7, 11) is 1.31. The standard InChI is InChI=1S/C24H27N3O5S/c1-13-5-8-15(9-6-13)24(3)22(30)27(23(31)26-24)12-18(28)25-20-19(21(29)32-4)16-10-7-14(2)11-17(16)33-20/h5-6,8-9,14H,7,10-12H2,1-4H3,(H,25,28)(H,26,31). The van der Waals surface area contributed by atoms with Crippen molar-refractivity contribution in [3.8, 4) is 0 Å². The summed E-state index contributed by atoms with van der Waals surface area (Å²) in [6.07, 6.45) is 2.54. The molecule has 9 heteroatoms. The molecule has 2 N–H and O–H groups in total. The number of imide groups is 1. The molecule has 0 saturated carbocycles. The van der Waals surface area contributed by atoms with Crippen LogP contribution in [0.4, 0.5) is 9.80 Å². The summed E-state index contributed by atoms with van der Waals surface area (Å²) in [6, 6.07) is 6.67. The van der Waals surface area contributed by atoms with Crippen LogP contribution < -0.4 is 10.6 Å². The molecule has 1 aliphatic heterocycles. The molecule has 2 atom stereocenters. The van der Waals surface area contributed by atoms with Gasteiger partial charge in [0.2, 0.25) is 5.91 Å². The molecule has 2 aromatic rings. The minimum Gasteiger partial charge on any atom is -0.465 e. The van der Waals surface area contributed by atoms with Crippen LogP contribution >= 0.6 is 11.3 Å². The van der Waals surface area contributed by atoms with Crippen LogP contribution in [0, 0.1) is 12.8 Å². The lowest BCUT2D eigenvalue weighted by molar-refractivity contribution is -0.133. The Morgan fingerprint density at radius 2 is 1.97 bits per heavy atom. The Kier molecular flexibility index (Phi) is 6.00. The Hall–Kier alpha value is -3.20. The number of methoxy groups -OCH3 is 1. The quantitative estimate of drug-likeness (QED) is 0.516. The van der Waals surface area contributed by atoms with Crippen molar-refractivity contribution in [2.75, 3.05) is 19.0 Å². The van der Waals surface area contributed by atoms with Gasteiger partial charge in [-0.1, -0.05) is 36.8 Å². The third kappa shape index (κ3) is 4.13. The topological polar surface area (TPSA) is 105 Å². The van der Waals surface area contributed by atoms with Crippen LogP contribution in [-0.2, 0) is 32.7 Å². The maximum atomic E-state index is 13.1. The summed E-state index contributed by atoms with van der Waals surface area (Å²) < 4.78 is 4.95. The molecule has 4 rings (SSSR count). The van der Waals surface area contributed by atoms with E-state index in [1.54, 1.807) is 19.1 Å². The molecule has 4 amide bonds. The van der Waals surface area contributed by atoms with E-state index < -0.39 is 35.9 Å². The van der Waals surface area contributed by atoms with Gasteiger partial charge in [-0.05, 0) is 50.2 Å². The number of ether oxygens (including phenoxy) is 1. The highest BCUT2D eigenvalue weighted by molar-refractivity contribution is 7.17. The number of fused-ring (bicyclic) bond motifs is 1. The molecule has 0 bridgehead atoms. The van der Waals surface area contributed by atoms with Crippen LogP contribution in [0.15, 0.2) is 24.3 Å². The number of hydrogen-bond donors (Lipinski definition) is 2. The van der Waals surface area contributed by atoms with E-state index in [1.807, 2.05) is 19.1 Å². The predicted molar refractivity (Wildman–Crippen MR) is 124 cm³/mol. The van der Waals surface area contributed by atoms with E-state index in [0.29, 0.717) is 22.0 Å². The van der Waals surface area contributed by atoms with Gasteiger partial charge in [0.25, 0.3) is 5.91 Å². The van der Waals surface area contributed by atoms with Crippen molar-refractivity contribution in [1.82, 2.24) is 10.2 Å². The van der Waals surface area contributed by atoms with E-state index in [-0.39, 0.29) is 0 Å². The third-order valence-electron chi connectivity index (χ3n) is 6.36. The van der Waals surface area contributed by atoms with Crippen molar-refractivity contribution >= 4 is 40.2 Å². The van der Waals surface area contributed by atoms with Crippen LogP contribution in [0.25, 0.3) is 0 Å². The molecular formula is C24H27N3O5S. The van der Waals surface area contributed by atoms with Crippen LogP contribution in [0.3, 0.4) is 0 Å². The molecule has 1 aliphatic carbocycles. The fourth-order valence-electron chi connectivity index (χ4n) is 4.39. The number of hydrogen-bond acceptors (Lipinski definition) is 6. The van der Waals surface area contributed by atoms with Crippen LogP contribution in [0.1, 0.15) is 52.2 Å². The zero-order chi connectivity index (χ0) is 23.9. The number of benzene rings is 1. The van der Waals surface area contributed by atoms with E-state index in [0.717, 1.165) is 40.2 Å². The Bertz CT molecular complexity index is 1140. The molecule has 174 valence electrons. The summed E-state index contributed by atoms with van der Waals surface area (Å²) in [5.74, 6) is -1.06. The Morgan fingerprint density at radius 1 is 1.27 bits per heavy atom. The van der Waals surface area contributed by atoms with E-state index in [1.165, 1.54) is 18.4 Å². The van der Waals surface area contributed by atoms with Gasteiger partial charge in [0, 0.05) is 4.88 Å². The number of aryl methyl sites for hydroxylation is 1. The van der Waals surface area contributed by atoms with Gasteiger partial charge in [-0.3, -0.25) is 14.5 Å². The first-order chi connectivity index (χ1) is 15.6. The molecule has 1 aromatic carbocycles. The second kappa shape index (κ2) is 8.62. The van der Waals surface area contributed by atoms with Crippen LogP contribution in [0.2, 0.25) is 0 Å². The van der Waals surface area contributed by atoms with Gasteiger partial charge < -0.3 is 15.4 Å². The molecule has 33 heavy (non-hydrogen) atoms. The van der Waals surface area contributed by atoms with Gasteiger partial charge in [-0.15, -0.1) is 11.3 Å². The SMILES string of the molecule is COC(=O)c1c(NC(=O)CN2C(=O)NC(C)(c3ccc(C)cc3)C2=O)sc2c1CCC(C)C2. The molecule has 0 spiro atoms. The first-order valence-corrected chi connectivity index (χ1v) is 11.7. The molecule has 8 nitrogen and oxygen atoms in total. The van der Waals surface area contributed by atoms with E-state index >= 15 is 0 Å². The normalized spacial score (nSPS) is 22.1. The number of thiophene rings is 1. The van der Waals surface area contributed by atoms with Crippen molar-refractivity contribution in [1.29, 1.82) is 0 Å². The zero-order valence-electron chi connectivity index (χ0n) is 19.1. The molecule has 2 aliphatic rings. The number of amides is 4. The summed E-state index contributed by atoms with van der Waals surface area (Å²) in [6.45, 7) is 5.26. The van der Waals surface area contributed by atoms with Gasteiger partial charge >= 0.3 is 12.0 Å². The number of nitrogens with zero attached hydrogens (tertiary/aromatic N) is 1. The van der Waals surface area contributed by atoms with Crippen molar-refractivity contribution < 1.29 is 23.9 Å². The number of urea groups is 1. The van der Waals surface area contributed by atoms with E-state index in [2.05, 4.69) is 17.6 Å². The number of rotatable bonds is 5.